The Labute approximate surface area is 208 Å². The molecule has 1 aliphatic heterocycles. The van der Waals surface area contributed by atoms with Crippen molar-refractivity contribution >= 4 is 29.6 Å². The number of carbonyl (C=O) groups is 4. The quantitative estimate of drug-likeness (QED) is 0.157. The van der Waals surface area contributed by atoms with Crippen molar-refractivity contribution in [3.8, 4) is 5.75 Å². The van der Waals surface area contributed by atoms with E-state index >= 15 is 0 Å². The van der Waals surface area contributed by atoms with Gasteiger partial charge >= 0.3 is 23.8 Å². The average Bonchev–Trinajstić information content (AvgIpc) is 2.89. The summed E-state index contributed by atoms with van der Waals surface area (Å²) in [5.41, 5.74) is 7.00. The molecular formula is C25H28N4O7. The molecule has 1 aliphatic rings. The molecule has 0 aliphatic carbocycles. The topological polar surface area (TPSA) is 152 Å². The van der Waals surface area contributed by atoms with Crippen LogP contribution in [0.25, 0.3) is 0 Å². The second kappa shape index (κ2) is 12.3. The Kier molecular flexibility index (Phi) is 8.98. The maximum absolute atomic E-state index is 12.4. The molecule has 190 valence electrons. The van der Waals surface area contributed by atoms with Crippen LogP contribution in [0.15, 0.2) is 48.5 Å². The molecule has 0 spiro atoms. The lowest BCUT2D eigenvalue weighted by Crippen LogP contribution is -2.54. The van der Waals surface area contributed by atoms with Crippen LogP contribution in [0.3, 0.4) is 0 Å². The van der Waals surface area contributed by atoms with Crippen LogP contribution in [-0.2, 0) is 30.6 Å². The van der Waals surface area contributed by atoms with Crippen LogP contribution in [0, 0.1) is 5.41 Å². The van der Waals surface area contributed by atoms with Crippen molar-refractivity contribution in [3.05, 3.63) is 65.2 Å². The smallest absolute Gasteiger partial charge is 0.344 e. The number of nitrogens with two attached hydrogens (primary N) is 1. The van der Waals surface area contributed by atoms with Gasteiger partial charge < -0.3 is 24.9 Å². The molecule has 11 nitrogen and oxygen atoms in total. The number of rotatable bonds is 11. The minimum absolute atomic E-state index is 0.0908. The van der Waals surface area contributed by atoms with E-state index in [1.54, 1.807) is 6.92 Å². The predicted octanol–water partition coefficient (Wildman–Crippen LogP) is 1.64. The lowest BCUT2D eigenvalue weighted by atomic mass is 10.1. The molecule has 3 rings (SSSR count). The molecule has 1 heterocycles. The fraction of sp³-hybridized carbons (Fsp3) is 0.320. The first-order chi connectivity index (χ1) is 17.3. The number of piperazine rings is 1. The summed E-state index contributed by atoms with van der Waals surface area (Å²) in [5, 5.41) is 8.62. The second-order valence-electron chi connectivity index (χ2n) is 7.90. The SMILES string of the molecule is CCC(=O)ON1CCN(CCCOc2ccc(C(=O)OCc3ccccc3)cc2C(=N)N)C(=O)C1=O. The number of hydrogen-bond donors (Lipinski definition) is 2. The molecule has 1 fully saturated rings. The number of esters is 1. The Morgan fingerprint density at radius 3 is 2.50 bits per heavy atom. The summed E-state index contributed by atoms with van der Waals surface area (Å²) in [7, 11) is 0. The summed E-state index contributed by atoms with van der Waals surface area (Å²) in [4.78, 5) is 54.4. The number of benzene rings is 2. The van der Waals surface area contributed by atoms with Gasteiger partial charge in [-0.05, 0) is 30.2 Å². The van der Waals surface area contributed by atoms with Crippen LogP contribution in [0.2, 0.25) is 0 Å². The number of carbonyl (C=O) groups excluding carboxylic acids is 4. The van der Waals surface area contributed by atoms with Crippen LogP contribution in [0.5, 0.6) is 5.75 Å². The fourth-order valence-corrected chi connectivity index (χ4v) is 3.38. The average molecular weight is 497 g/mol. The molecule has 0 unspecified atom stereocenters. The highest BCUT2D eigenvalue weighted by Crippen LogP contribution is 2.21. The molecule has 36 heavy (non-hydrogen) atoms. The molecule has 2 aromatic carbocycles. The van der Waals surface area contributed by atoms with Crippen molar-refractivity contribution in [2.24, 2.45) is 5.73 Å². The Morgan fingerprint density at radius 1 is 1.06 bits per heavy atom. The van der Waals surface area contributed by atoms with Gasteiger partial charge in [-0.1, -0.05) is 37.3 Å². The largest absolute Gasteiger partial charge is 0.493 e. The number of amidine groups is 1. The summed E-state index contributed by atoms with van der Waals surface area (Å²) < 4.78 is 11.0. The highest BCUT2D eigenvalue weighted by molar-refractivity contribution is 6.35. The molecular weight excluding hydrogens is 468 g/mol. The van der Waals surface area contributed by atoms with Gasteiger partial charge in [-0.25, -0.2) is 9.59 Å². The van der Waals surface area contributed by atoms with Gasteiger partial charge in [-0.15, -0.1) is 0 Å². The van der Waals surface area contributed by atoms with Gasteiger partial charge in [0.05, 0.1) is 24.3 Å². The molecule has 3 N–H and O–H groups in total. The van der Waals surface area contributed by atoms with E-state index in [9.17, 15) is 19.2 Å². The van der Waals surface area contributed by atoms with E-state index in [0.29, 0.717) is 12.2 Å². The van der Waals surface area contributed by atoms with Crippen molar-refractivity contribution in [1.29, 1.82) is 5.41 Å². The zero-order valence-electron chi connectivity index (χ0n) is 19.9. The van der Waals surface area contributed by atoms with Crippen molar-refractivity contribution in [1.82, 2.24) is 9.96 Å². The van der Waals surface area contributed by atoms with Gasteiger partial charge in [0.2, 0.25) is 0 Å². The summed E-state index contributed by atoms with van der Waals surface area (Å²) >= 11 is 0. The van der Waals surface area contributed by atoms with Crippen LogP contribution in [-0.4, -0.2) is 65.8 Å². The monoisotopic (exact) mass is 496 g/mol. The summed E-state index contributed by atoms with van der Waals surface area (Å²) in [6.07, 6.45) is 0.489. The Bertz CT molecular complexity index is 1140. The second-order valence-corrected chi connectivity index (χ2v) is 7.90. The Morgan fingerprint density at radius 2 is 1.81 bits per heavy atom. The normalized spacial score (nSPS) is 13.4. The van der Waals surface area contributed by atoms with Gasteiger partial charge in [0.15, 0.2) is 0 Å². The molecule has 0 aromatic heterocycles. The standard InChI is InChI=1S/C25H28N4O7/c1-2-21(30)36-29-13-12-28(23(31)24(29)32)11-6-14-34-20-10-9-18(15-19(20)22(26)27)25(33)35-16-17-7-4-3-5-8-17/h3-5,7-10,15H,2,6,11-14,16H2,1H3,(H3,26,27). The number of hydroxylamine groups is 2. The number of nitrogens with zero attached hydrogens (tertiary/aromatic N) is 2. The molecule has 0 atom stereocenters. The number of hydrogen-bond acceptors (Lipinski definition) is 8. The zero-order valence-corrected chi connectivity index (χ0v) is 19.9. The summed E-state index contributed by atoms with van der Waals surface area (Å²) in [5.74, 6) is -2.76. The van der Waals surface area contributed by atoms with E-state index < -0.39 is 23.8 Å². The van der Waals surface area contributed by atoms with E-state index in [-0.39, 0.29) is 56.2 Å². The molecule has 0 saturated carbocycles. The van der Waals surface area contributed by atoms with E-state index in [2.05, 4.69) is 0 Å². The Balaban J connectivity index is 1.51. The summed E-state index contributed by atoms with van der Waals surface area (Å²) in [6, 6.07) is 13.7. The molecule has 2 aromatic rings. The number of amides is 2. The lowest BCUT2D eigenvalue weighted by molar-refractivity contribution is -0.205. The van der Waals surface area contributed by atoms with E-state index in [1.807, 2.05) is 30.3 Å². The third-order valence-electron chi connectivity index (χ3n) is 5.32. The third kappa shape index (κ3) is 6.81. The van der Waals surface area contributed by atoms with Gasteiger partial charge in [0, 0.05) is 19.5 Å². The minimum Gasteiger partial charge on any atom is -0.493 e. The predicted molar refractivity (Wildman–Crippen MR) is 128 cm³/mol. The van der Waals surface area contributed by atoms with Gasteiger partial charge in [0.1, 0.15) is 18.2 Å². The third-order valence-corrected chi connectivity index (χ3v) is 5.32. The van der Waals surface area contributed by atoms with Crippen molar-refractivity contribution in [2.75, 3.05) is 26.2 Å². The first kappa shape index (κ1) is 26.2. The van der Waals surface area contributed by atoms with Crippen molar-refractivity contribution in [3.63, 3.8) is 0 Å². The van der Waals surface area contributed by atoms with E-state index in [0.717, 1.165) is 10.6 Å². The Hall–Kier alpha value is -4.41. The molecule has 0 bridgehead atoms. The maximum Gasteiger partial charge on any atom is 0.344 e. The number of ether oxygens (including phenoxy) is 2. The van der Waals surface area contributed by atoms with Crippen LogP contribution in [0.4, 0.5) is 0 Å². The van der Waals surface area contributed by atoms with Gasteiger partial charge in [-0.3, -0.25) is 15.0 Å². The van der Waals surface area contributed by atoms with Crippen LogP contribution in [0.1, 0.15) is 41.3 Å². The van der Waals surface area contributed by atoms with E-state index in [1.165, 1.54) is 23.1 Å². The molecule has 11 heteroatoms. The van der Waals surface area contributed by atoms with Crippen molar-refractivity contribution in [2.45, 2.75) is 26.4 Å². The summed E-state index contributed by atoms with van der Waals surface area (Å²) in [6.45, 7) is 2.44. The maximum atomic E-state index is 12.4. The first-order valence-corrected chi connectivity index (χ1v) is 11.4. The number of nitrogens with one attached hydrogen (secondary N) is 1. The van der Waals surface area contributed by atoms with Gasteiger partial charge in [0.25, 0.3) is 0 Å². The zero-order chi connectivity index (χ0) is 26.1. The van der Waals surface area contributed by atoms with Gasteiger partial charge in [-0.2, -0.15) is 5.06 Å². The number of nitrogen functional groups attached to an aromatic ring is 1. The molecule has 2 amide bonds. The fourth-order valence-electron chi connectivity index (χ4n) is 3.38. The highest BCUT2D eigenvalue weighted by Gasteiger charge is 2.34. The lowest BCUT2D eigenvalue weighted by Gasteiger charge is -2.32. The van der Waals surface area contributed by atoms with Crippen LogP contribution < -0.4 is 10.5 Å². The minimum atomic E-state index is -0.891. The molecule has 1 saturated heterocycles. The highest BCUT2D eigenvalue weighted by atomic mass is 16.7. The van der Waals surface area contributed by atoms with Crippen molar-refractivity contribution < 1.29 is 33.5 Å². The van der Waals surface area contributed by atoms with Crippen LogP contribution >= 0.6 is 0 Å². The first-order valence-electron chi connectivity index (χ1n) is 11.4. The van der Waals surface area contributed by atoms with E-state index in [4.69, 9.17) is 25.5 Å². The molecule has 0 radical (unpaired) electrons.